The van der Waals surface area contributed by atoms with Crippen molar-refractivity contribution < 1.29 is 37.4 Å². The Bertz CT molecular complexity index is 364. The number of carboxylic acid groups (broad SMARTS) is 2. The van der Waals surface area contributed by atoms with Gasteiger partial charge in [-0.1, -0.05) is 0 Å². The summed E-state index contributed by atoms with van der Waals surface area (Å²) < 4.78 is 44.5. The average Bonchev–Trinajstić information content (AvgIpc) is 2.11. The van der Waals surface area contributed by atoms with Crippen molar-refractivity contribution in [1.82, 2.24) is 5.32 Å². The van der Waals surface area contributed by atoms with E-state index in [1.54, 1.807) is 5.92 Å². The van der Waals surface area contributed by atoms with Crippen LogP contribution in [-0.4, -0.2) is 47.1 Å². The van der Waals surface area contributed by atoms with E-state index in [1.807, 2.05) is 5.92 Å². The Kier molecular flexibility index (Phi) is 4.90. The summed E-state index contributed by atoms with van der Waals surface area (Å²) in [5.41, 5.74) is -1.60. The minimum atomic E-state index is -5.08. The van der Waals surface area contributed by atoms with Crippen molar-refractivity contribution >= 4 is 11.9 Å². The lowest BCUT2D eigenvalue weighted by molar-refractivity contribution is -0.192. The number of aliphatic carboxylic acids is 2. The molecule has 96 valence electrons. The van der Waals surface area contributed by atoms with Crippen molar-refractivity contribution in [3.8, 4) is 11.8 Å². The third kappa shape index (κ3) is 6.36. The van der Waals surface area contributed by atoms with E-state index in [4.69, 9.17) is 15.0 Å². The molecule has 1 heterocycles. The minimum absolute atomic E-state index is 0.132. The van der Waals surface area contributed by atoms with Crippen molar-refractivity contribution in [3.63, 3.8) is 0 Å². The van der Waals surface area contributed by atoms with Crippen LogP contribution in [0.15, 0.2) is 0 Å². The zero-order valence-corrected chi connectivity index (χ0v) is 8.14. The monoisotopic (exact) mass is 257 g/mol. The molecule has 1 aliphatic heterocycles. The summed E-state index contributed by atoms with van der Waals surface area (Å²) in [6.07, 6.45) is -5.08. The van der Waals surface area contributed by atoms with E-state index in [2.05, 4.69) is 5.32 Å². The van der Waals surface area contributed by atoms with Gasteiger partial charge in [0.15, 0.2) is 5.67 Å². The molecule has 9 heteroatoms. The first-order chi connectivity index (χ1) is 7.57. The van der Waals surface area contributed by atoms with Crippen LogP contribution in [0.4, 0.5) is 17.6 Å². The van der Waals surface area contributed by atoms with Gasteiger partial charge in [0, 0.05) is 19.0 Å². The van der Waals surface area contributed by atoms with E-state index in [0.717, 1.165) is 0 Å². The fourth-order valence-corrected chi connectivity index (χ4v) is 0.598. The summed E-state index contributed by atoms with van der Waals surface area (Å²) >= 11 is 0. The summed E-state index contributed by atoms with van der Waals surface area (Å²) in [7, 11) is 0. The Hall–Kier alpha value is -1.82. The number of hydrogen-bond acceptors (Lipinski definition) is 3. The molecule has 0 spiro atoms. The second-order valence-electron chi connectivity index (χ2n) is 2.93. The molecule has 17 heavy (non-hydrogen) atoms. The average molecular weight is 257 g/mol. The van der Waals surface area contributed by atoms with E-state index in [9.17, 15) is 22.4 Å². The van der Waals surface area contributed by atoms with E-state index < -0.39 is 23.8 Å². The predicted molar refractivity (Wildman–Crippen MR) is 45.8 cm³/mol. The maximum absolute atomic E-state index is 12.8. The molecule has 1 saturated heterocycles. The van der Waals surface area contributed by atoms with Gasteiger partial charge in [0.05, 0.1) is 0 Å². The Morgan fingerprint density at radius 2 is 1.65 bits per heavy atom. The molecule has 0 atom stereocenters. The summed E-state index contributed by atoms with van der Waals surface area (Å²) in [6, 6.07) is 0. The largest absolute Gasteiger partial charge is 0.490 e. The Balaban J connectivity index is 0.000000325. The number of carbonyl (C=O) groups is 2. The Labute approximate surface area is 92.4 Å². The molecule has 3 N–H and O–H groups in total. The topological polar surface area (TPSA) is 86.6 Å². The molecule has 0 unspecified atom stereocenters. The highest BCUT2D eigenvalue weighted by atomic mass is 19.4. The van der Waals surface area contributed by atoms with Gasteiger partial charge in [0.1, 0.15) is 0 Å². The highest BCUT2D eigenvalue weighted by Crippen LogP contribution is 2.14. The van der Waals surface area contributed by atoms with Gasteiger partial charge in [-0.25, -0.2) is 14.0 Å². The molecule has 1 rings (SSSR count). The van der Waals surface area contributed by atoms with E-state index >= 15 is 0 Å². The van der Waals surface area contributed by atoms with Crippen LogP contribution in [0, 0.1) is 11.8 Å². The normalized spacial score (nSPS) is 16.5. The van der Waals surface area contributed by atoms with Gasteiger partial charge in [0.2, 0.25) is 0 Å². The van der Waals surface area contributed by atoms with Gasteiger partial charge in [-0.15, -0.1) is 0 Å². The van der Waals surface area contributed by atoms with E-state index in [-0.39, 0.29) is 13.1 Å². The van der Waals surface area contributed by atoms with Crippen LogP contribution in [0.2, 0.25) is 0 Å². The smallest absolute Gasteiger partial charge is 0.475 e. The summed E-state index contributed by atoms with van der Waals surface area (Å²) in [5.74, 6) is -0.289. The summed E-state index contributed by atoms with van der Waals surface area (Å²) in [6.45, 7) is 0.264. The highest BCUT2D eigenvalue weighted by Gasteiger charge is 2.38. The molecule has 0 bridgehead atoms. The zero-order valence-electron chi connectivity index (χ0n) is 8.14. The van der Waals surface area contributed by atoms with Crippen LogP contribution >= 0.6 is 0 Å². The molecular formula is C8H7F4NO4. The third-order valence-corrected chi connectivity index (χ3v) is 1.45. The fraction of sp³-hybridized carbons (Fsp3) is 0.500. The molecule has 1 aliphatic rings. The van der Waals surface area contributed by atoms with Gasteiger partial charge >= 0.3 is 18.1 Å². The molecular weight excluding hydrogens is 250 g/mol. The van der Waals surface area contributed by atoms with Crippen LogP contribution < -0.4 is 5.32 Å². The highest BCUT2D eigenvalue weighted by molar-refractivity contribution is 5.86. The van der Waals surface area contributed by atoms with Crippen LogP contribution in [0.25, 0.3) is 0 Å². The lowest BCUT2D eigenvalue weighted by atomic mass is 10.0. The molecule has 5 nitrogen and oxygen atoms in total. The summed E-state index contributed by atoms with van der Waals surface area (Å²) in [5, 5.41) is 17.8. The lowest BCUT2D eigenvalue weighted by Crippen LogP contribution is -2.55. The minimum Gasteiger partial charge on any atom is -0.475 e. The predicted octanol–water partition coefficient (Wildman–Crippen LogP) is 0.0192. The molecule has 0 radical (unpaired) electrons. The molecule has 0 aliphatic carbocycles. The number of rotatable bonds is 0. The molecule has 1 fully saturated rings. The number of halogens is 4. The quantitative estimate of drug-likeness (QED) is 0.420. The van der Waals surface area contributed by atoms with E-state index in [0.29, 0.717) is 0 Å². The van der Waals surface area contributed by atoms with Crippen molar-refractivity contribution in [3.05, 3.63) is 0 Å². The maximum atomic E-state index is 12.8. The second kappa shape index (κ2) is 5.49. The molecule has 0 saturated carbocycles. The first kappa shape index (κ1) is 15.2. The molecule has 0 aromatic heterocycles. The lowest BCUT2D eigenvalue weighted by Gasteiger charge is -2.29. The molecule has 0 aromatic rings. The van der Waals surface area contributed by atoms with Crippen molar-refractivity contribution in [2.45, 2.75) is 11.8 Å². The molecule has 0 amide bonds. The number of hydrogen-bond donors (Lipinski definition) is 3. The fourth-order valence-electron chi connectivity index (χ4n) is 0.598. The SMILES string of the molecule is O=C(O)C#CC1(F)CNC1.O=C(O)C(F)(F)F. The standard InChI is InChI=1S/C6H6FNO2.C2HF3O2/c7-6(3-8-4-6)2-1-5(9)10;3-2(4,5)1(6)7/h8H,3-4H2,(H,9,10);(H,6,7). The number of alkyl halides is 4. The first-order valence-electron chi connectivity index (χ1n) is 4.03. The van der Waals surface area contributed by atoms with Crippen molar-refractivity contribution in [2.75, 3.05) is 13.1 Å². The Morgan fingerprint density at radius 1 is 1.24 bits per heavy atom. The van der Waals surface area contributed by atoms with Gasteiger partial charge in [-0.2, -0.15) is 13.2 Å². The van der Waals surface area contributed by atoms with Crippen molar-refractivity contribution in [2.24, 2.45) is 0 Å². The van der Waals surface area contributed by atoms with Gasteiger partial charge in [-0.3, -0.25) is 0 Å². The van der Waals surface area contributed by atoms with Crippen LogP contribution in [-0.2, 0) is 9.59 Å². The maximum Gasteiger partial charge on any atom is 0.490 e. The third-order valence-electron chi connectivity index (χ3n) is 1.45. The first-order valence-corrected chi connectivity index (χ1v) is 4.03. The Morgan fingerprint density at radius 3 is 1.82 bits per heavy atom. The molecule has 0 aromatic carbocycles. The van der Waals surface area contributed by atoms with Crippen molar-refractivity contribution in [1.29, 1.82) is 0 Å². The van der Waals surface area contributed by atoms with Crippen LogP contribution in [0.5, 0.6) is 0 Å². The van der Waals surface area contributed by atoms with Crippen LogP contribution in [0.3, 0.4) is 0 Å². The van der Waals surface area contributed by atoms with Gasteiger partial charge in [0.25, 0.3) is 0 Å². The van der Waals surface area contributed by atoms with Crippen LogP contribution in [0.1, 0.15) is 0 Å². The number of nitrogens with one attached hydrogen (secondary N) is 1. The van der Waals surface area contributed by atoms with E-state index in [1.165, 1.54) is 0 Å². The van der Waals surface area contributed by atoms with Gasteiger partial charge in [-0.05, 0) is 5.92 Å². The number of carboxylic acids is 2. The summed E-state index contributed by atoms with van der Waals surface area (Å²) in [4.78, 5) is 18.7. The second-order valence-corrected chi connectivity index (χ2v) is 2.93. The zero-order chi connectivity index (χ0) is 13.7. The van der Waals surface area contributed by atoms with Gasteiger partial charge < -0.3 is 15.5 Å².